The van der Waals surface area contributed by atoms with Crippen LogP contribution >= 0.6 is 0 Å². The van der Waals surface area contributed by atoms with Crippen LogP contribution in [0.15, 0.2) is 60.7 Å². The van der Waals surface area contributed by atoms with E-state index in [1.165, 1.54) is 28.8 Å². The number of fused-ring (bicyclic) bond motifs is 1. The van der Waals surface area contributed by atoms with Gasteiger partial charge in [-0.2, -0.15) is 13.2 Å². The summed E-state index contributed by atoms with van der Waals surface area (Å²) in [5.41, 5.74) is 4.21. The van der Waals surface area contributed by atoms with Crippen molar-refractivity contribution in [1.29, 1.82) is 0 Å². The maximum absolute atomic E-state index is 13.1. The third-order valence-electron chi connectivity index (χ3n) is 6.64. The van der Waals surface area contributed by atoms with Gasteiger partial charge in [0.1, 0.15) is 0 Å². The number of allylic oxidation sites excluding steroid dienone is 3. The summed E-state index contributed by atoms with van der Waals surface area (Å²) in [6, 6.07) is 11.6. The Hall–Kier alpha value is -2.82. The zero-order valence-corrected chi connectivity index (χ0v) is 19.6. The minimum absolute atomic E-state index is 0.101. The molecule has 1 N–H and O–H groups in total. The molecule has 33 heavy (non-hydrogen) atoms. The SMILES string of the molecule is CC1(C)CCC(C)(C)c2cc(CCC=C(C=CC(=O)O)c3cccc(C(F)(F)F)c3)ccc21. The van der Waals surface area contributed by atoms with Gasteiger partial charge in [-0.05, 0) is 82.5 Å². The lowest BCUT2D eigenvalue weighted by atomic mass is 9.63. The molecule has 0 spiro atoms. The van der Waals surface area contributed by atoms with Crippen LogP contribution in [0.4, 0.5) is 13.2 Å². The third-order valence-corrected chi connectivity index (χ3v) is 6.64. The fourth-order valence-corrected chi connectivity index (χ4v) is 4.50. The van der Waals surface area contributed by atoms with Gasteiger partial charge in [-0.1, -0.05) is 64.1 Å². The van der Waals surface area contributed by atoms with Gasteiger partial charge in [-0.3, -0.25) is 0 Å². The first kappa shape index (κ1) is 24.8. The minimum atomic E-state index is -4.46. The maximum atomic E-state index is 13.1. The summed E-state index contributed by atoms with van der Waals surface area (Å²) < 4.78 is 39.4. The Labute approximate surface area is 193 Å². The van der Waals surface area contributed by atoms with E-state index in [0.717, 1.165) is 31.1 Å². The zero-order chi connectivity index (χ0) is 24.4. The second kappa shape index (κ2) is 9.20. The number of carbonyl (C=O) groups is 1. The molecular formula is C28H31F3O2. The van der Waals surface area contributed by atoms with Crippen molar-refractivity contribution in [3.63, 3.8) is 0 Å². The Morgan fingerprint density at radius 3 is 2.27 bits per heavy atom. The molecule has 1 aliphatic rings. The Morgan fingerprint density at radius 1 is 0.970 bits per heavy atom. The van der Waals surface area contributed by atoms with E-state index in [1.807, 2.05) is 6.08 Å². The molecule has 0 saturated heterocycles. The van der Waals surface area contributed by atoms with Crippen LogP contribution in [0.3, 0.4) is 0 Å². The second-order valence-electron chi connectivity index (χ2n) is 10.1. The van der Waals surface area contributed by atoms with Crippen LogP contribution in [-0.2, 0) is 28.2 Å². The number of hydrogen-bond donors (Lipinski definition) is 1. The van der Waals surface area contributed by atoms with Crippen LogP contribution in [0.2, 0.25) is 0 Å². The number of alkyl halides is 3. The molecular weight excluding hydrogens is 425 g/mol. The van der Waals surface area contributed by atoms with Crippen molar-refractivity contribution in [3.05, 3.63) is 88.5 Å². The summed E-state index contributed by atoms with van der Waals surface area (Å²) in [7, 11) is 0. The molecule has 2 aromatic rings. The van der Waals surface area contributed by atoms with Crippen molar-refractivity contribution in [2.45, 2.75) is 70.4 Å². The van der Waals surface area contributed by atoms with Gasteiger partial charge in [-0.25, -0.2) is 4.79 Å². The van der Waals surface area contributed by atoms with Crippen LogP contribution < -0.4 is 0 Å². The number of aliphatic carboxylic acids is 1. The van der Waals surface area contributed by atoms with Crippen LogP contribution in [0.1, 0.15) is 74.8 Å². The molecule has 2 nitrogen and oxygen atoms in total. The molecule has 1 aliphatic carbocycles. The summed E-state index contributed by atoms with van der Waals surface area (Å²) in [5, 5.41) is 9.01. The smallest absolute Gasteiger partial charge is 0.416 e. The van der Waals surface area contributed by atoms with E-state index in [-0.39, 0.29) is 10.8 Å². The normalized spacial score (nSPS) is 17.7. The summed E-state index contributed by atoms with van der Waals surface area (Å²) in [6.07, 6.45) is 3.23. The second-order valence-corrected chi connectivity index (χ2v) is 10.1. The van der Waals surface area contributed by atoms with E-state index in [1.54, 1.807) is 6.07 Å². The number of aryl methyl sites for hydroxylation is 1. The molecule has 0 unspecified atom stereocenters. The van der Waals surface area contributed by atoms with E-state index in [4.69, 9.17) is 5.11 Å². The fourth-order valence-electron chi connectivity index (χ4n) is 4.50. The third kappa shape index (κ3) is 5.95. The van der Waals surface area contributed by atoms with Gasteiger partial charge in [0, 0.05) is 6.08 Å². The number of carboxylic acids is 1. The first-order valence-electron chi connectivity index (χ1n) is 11.2. The molecule has 176 valence electrons. The van der Waals surface area contributed by atoms with Crippen LogP contribution in [0.5, 0.6) is 0 Å². The molecule has 2 aromatic carbocycles. The number of benzene rings is 2. The Morgan fingerprint density at radius 2 is 1.64 bits per heavy atom. The zero-order valence-electron chi connectivity index (χ0n) is 19.6. The molecule has 0 heterocycles. The highest BCUT2D eigenvalue weighted by atomic mass is 19.4. The van der Waals surface area contributed by atoms with Crippen molar-refractivity contribution in [1.82, 2.24) is 0 Å². The average molecular weight is 457 g/mol. The van der Waals surface area contributed by atoms with Crippen molar-refractivity contribution < 1.29 is 23.1 Å². The Kier molecular flexibility index (Phi) is 6.92. The molecule has 3 rings (SSSR count). The van der Waals surface area contributed by atoms with Crippen molar-refractivity contribution >= 4 is 11.5 Å². The quantitative estimate of drug-likeness (QED) is 0.357. The minimum Gasteiger partial charge on any atom is -0.478 e. The molecule has 0 atom stereocenters. The molecule has 0 fully saturated rings. The van der Waals surface area contributed by atoms with Crippen LogP contribution in [0.25, 0.3) is 5.57 Å². The van der Waals surface area contributed by atoms with Gasteiger partial charge >= 0.3 is 12.1 Å². The maximum Gasteiger partial charge on any atom is 0.416 e. The summed E-state index contributed by atoms with van der Waals surface area (Å²) >= 11 is 0. The van der Waals surface area contributed by atoms with Gasteiger partial charge in [-0.15, -0.1) is 0 Å². The van der Waals surface area contributed by atoms with E-state index < -0.39 is 17.7 Å². The molecule has 0 aromatic heterocycles. The number of rotatable bonds is 6. The lowest BCUT2D eigenvalue weighted by Crippen LogP contribution is -2.33. The lowest BCUT2D eigenvalue weighted by molar-refractivity contribution is -0.137. The molecule has 0 aliphatic heterocycles. The van der Waals surface area contributed by atoms with Gasteiger partial charge < -0.3 is 5.11 Å². The predicted molar refractivity (Wildman–Crippen MR) is 126 cm³/mol. The summed E-state index contributed by atoms with van der Waals surface area (Å²) in [5.74, 6) is -1.15. The summed E-state index contributed by atoms with van der Waals surface area (Å²) in [6.45, 7) is 9.10. The molecule has 0 amide bonds. The van der Waals surface area contributed by atoms with Gasteiger partial charge in [0.15, 0.2) is 0 Å². The highest BCUT2D eigenvalue weighted by Crippen LogP contribution is 2.46. The topological polar surface area (TPSA) is 37.3 Å². The van der Waals surface area contributed by atoms with E-state index >= 15 is 0 Å². The van der Waals surface area contributed by atoms with Crippen molar-refractivity contribution in [3.8, 4) is 0 Å². The first-order valence-corrected chi connectivity index (χ1v) is 11.2. The van der Waals surface area contributed by atoms with Crippen molar-refractivity contribution in [2.75, 3.05) is 0 Å². The van der Waals surface area contributed by atoms with Crippen LogP contribution in [0, 0.1) is 0 Å². The van der Waals surface area contributed by atoms with E-state index in [9.17, 15) is 18.0 Å². The highest BCUT2D eigenvalue weighted by molar-refractivity contribution is 5.85. The number of halogens is 3. The standard InChI is InChI=1S/C28H31F3O2/c1-26(2)15-16-27(3,4)24-17-19(11-13-23(24)26)7-5-8-20(12-14-25(32)33)21-9-6-10-22(18-21)28(29,30)31/h6,8-14,17-18H,5,7,15-16H2,1-4H3,(H,32,33). The predicted octanol–water partition coefficient (Wildman–Crippen LogP) is 7.71. The van der Waals surface area contributed by atoms with E-state index in [0.29, 0.717) is 24.0 Å². The lowest BCUT2D eigenvalue weighted by Gasteiger charge is -2.42. The van der Waals surface area contributed by atoms with Crippen LogP contribution in [-0.4, -0.2) is 11.1 Å². The fraction of sp³-hybridized carbons (Fsp3) is 0.393. The molecule has 0 bridgehead atoms. The highest BCUT2D eigenvalue weighted by Gasteiger charge is 2.36. The summed E-state index contributed by atoms with van der Waals surface area (Å²) in [4.78, 5) is 11.0. The van der Waals surface area contributed by atoms with E-state index in [2.05, 4.69) is 45.9 Å². The van der Waals surface area contributed by atoms with Crippen molar-refractivity contribution in [2.24, 2.45) is 0 Å². The molecule has 5 heteroatoms. The number of hydrogen-bond acceptors (Lipinski definition) is 1. The molecule has 0 radical (unpaired) electrons. The Balaban J connectivity index is 1.87. The van der Waals surface area contributed by atoms with Gasteiger partial charge in [0.25, 0.3) is 0 Å². The average Bonchev–Trinajstić information content (AvgIpc) is 2.73. The monoisotopic (exact) mass is 456 g/mol. The largest absolute Gasteiger partial charge is 0.478 e. The Bertz CT molecular complexity index is 1090. The first-order chi connectivity index (χ1) is 15.3. The number of carboxylic acid groups (broad SMARTS) is 1. The van der Waals surface area contributed by atoms with Gasteiger partial charge in [0.05, 0.1) is 5.56 Å². The van der Waals surface area contributed by atoms with Gasteiger partial charge in [0.2, 0.25) is 0 Å². The molecule has 0 saturated carbocycles.